The number of carbonyl (C=O) groups is 1. The van der Waals surface area contributed by atoms with Crippen molar-refractivity contribution in [3.8, 4) is 0 Å². The zero-order chi connectivity index (χ0) is 14.1. The third kappa shape index (κ3) is 2.09. The van der Waals surface area contributed by atoms with Crippen LogP contribution in [0.1, 0.15) is 21.7 Å². The second-order valence-corrected chi connectivity index (χ2v) is 4.38. The molecule has 0 radical (unpaired) electrons. The summed E-state index contributed by atoms with van der Waals surface area (Å²) in [6.07, 6.45) is 4.44. The minimum Gasteiger partial charge on any atom is -0.306 e. The molecule has 3 heterocycles. The minimum atomic E-state index is -0.295. The van der Waals surface area contributed by atoms with Crippen LogP contribution in [0.3, 0.4) is 0 Å². The smallest absolute Gasteiger partial charge is 0.262 e. The van der Waals surface area contributed by atoms with E-state index in [4.69, 9.17) is 0 Å². The third-order valence-corrected chi connectivity index (χ3v) is 2.85. The first-order valence-electron chi connectivity index (χ1n) is 6.04. The van der Waals surface area contributed by atoms with Crippen LogP contribution in [-0.4, -0.2) is 30.5 Å². The van der Waals surface area contributed by atoms with Crippen LogP contribution in [0.5, 0.6) is 0 Å². The van der Waals surface area contributed by atoms with E-state index in [0.29, 0.717) is 17.0 Å². The van der Waals surface area contributed by atoms with Crippen molar-refractivity contribution in [1.82, 2.24) is 24.6 Å². The standard InChI is InChI=1S/C13H12N6O/c1-8-5-9(2)19-12(17-8)10(6-16-19)13(20)18-11-3-4-14-7-15-11/h3-7H,1-2H3,(H,14,15,18,20). The Kier molecular flexibility index (Phi) is 2.86. The summed E-state index contributed by atoms with van der Waals surface area (Å²) in [4.78, 5) is 24.4. The van der Waals surface area contributed by atoms with Gasteiger partial charge in [0.1, 0.15) is 17.7 Å². The highest BCUT2D eigenvalue weighted by atomic mass is 16.1. The van der Waals surface area contributed by atoms with Crippen molar-refractivity contribution >= 4 is 17.4 Å². The lowest BCUT2D eigenvalue weighted by molar-refractivity contribution is 0.102. The van der Waals surface area contributed by atoms with Gasteiger partial charge < -0.3 is 5.32 Å². The normalized spacial score (nSPS) is 10.7. The zero-order valence-electron chi connectivity index (χ0n) is 11.0. The molecule has 1 amide bonds. The molecule has 0 fully saturated rings. The summed E-state index contributed by atoms with van der Waals surface area (Å²) < 4.78 is 1.64. The molecule has 3 aromatic heterocycles. The molecule has 0 aliphatic carbocycles. The Morgan fingerprint density at radius 2 is 2.20 bits per heavy atom. The van der Waals surface area contributed by atoms with E-state index in [1.54, 1.807) is 16.8 Å². The Morgan fingerprint density at radius 1 is 1.35 bits per heavy atom. The summed E-state index contributed by atoms with van der Waals surface area (Å²) in [5.41, 5.74) is 2.71. The van der Waals surface area contributed by atoms with Crippen molar-refractivity contribution in [2.45, 2.75) is 13.8 Å². The van der Waals surface area contributed by atoms with Crippen LogP contribution in [0.25, 0.3) is 5.65 Å². The van der Waals surface area contributed by atoms with Crippen LogP contribution in [-0.2, 0) is 0 Å². The molecular formula is C13H12N6O. The molecule has 0 aliphatic rings. The van der Waals surface area contributed by atoms with Crippen molar-refractivity contribution in [3.05, 3.63) is 47.8 Å². The van der Waals surface area contributed by atoms with Crippen LogP contribution in [0.4, 0.5) is 5.82 Å². The zero-order valence-corrected chi connectivity index (χ0v) is 11.0. The van der Waals surface area contributed by atoms with Crippen molar-refractivity contribution in [2.75, 3.05) is 5.32 Å². The lowest BCUT2D eigenvalue weighted by Gasteiger charge is -2.03. The van der Waals surface area contributed by atoms with Crippen LogP contribution < -0.4 is 5.32 Å². The summed E-state index contributed by atoms with van der Waals surface area (Å²) in [6, 6.07) is 3.53. The molecule has 0 saturated carbocycles. The number of hydrogen-bond donors (Lipinski definition) is 1. The number of anilines is 1. The fourth-order valence-electron chi connectivity index (χ4n) is 1.98. The average Bonchev–Trinajstić information content (AvgIpc) is 2.84. The Balaban J connectivity index is 2.00. The monoisotopic (exact) mass is 268 g/mol. The number of fused-ring (bicyclic) bond motifs is 1. The second kappa shape index (κ2) is 4.69. The van der Waals surface area contributed by atoms with Gasteiger partial charge in [-0.3, -0.25) is 4.79 Å². The fraction of sp³-hybridized carbons (Fsp3) is 0.154. The maximum absolute atomic E-state index is 12.2. The predicted octanol–water partition coefficient (Wildman–Crippen LogP) is 1.39. The summed E-state index contributed by atoms with van der Waals surface area (Å²) in [7, 11) is 0. The molecule has 0 saturated heterocycles. The van der Waals surface area contributed by atoms with Gasteiger partial charge in [-0.2, -0.15) is 5.10 Å². The van der Waals surface area contributed by atoms with Gasteiger partial charge in [0, 0.05) is 17.6 Å². The number of aromatic nitrogens is 5. The number of amides is 1. The van der Waals surface area contributed by atoms with Gasteiger partial charge in [-0.05, 0) is 26.0 Å². The molecule has 0 aliphatic heterocycles. The SMILES string of the molecule is Cc1cc(C)n2ncc(C(=O)Nc3ccncn3)c2n1. The van der Waals surface area contributed by atoms with Crippen molar-refractivity contribution in [3.63, 3.8) is 0 Å². The maximum atomic E-state index is 12.2. The van der Waals surface area contributed by atoms with Crippen molar-refractivity contribution in [2.24, 2.45) is 0 Å². The van der Waals surface area contributed by atoms with Gasteiger partial charge in [-0.1, -0.05) is 0 Å². The van der Waals surface area contributed by atoms with Crippen LogP contribution in [0.15, 0.2) is 30.9 Å². The molecule has 0 atom stereocenters. The van der Waals surface area contributed by atoms with Gasteiger partial charge in [0.2, 0.25) is 0 Å². The van der Waals surface area contributed by atoms with Crippen LogP contribution >= 0.6 is 0 Å². The molecule has 3 rings (SSSR count). The lowest BCUT2D eigenvalue weighted by Crippen LogP contribution is -2.13. The molecule has 20 heavy (non-hydrogen) atoms. The first-order valence-corrected chi connectivity index (χ1v) is 6.04. The molecule has 0 bridgehead atoms. The first kappa shape index (κ1) is 12.2. The van der Waals surface area contributed by atoms with Crippen LogP contribution in [0.2, 0.25) is 0 Å². The molecule has 0 aromatic carbocycles. The average molecular weight is 268 g/mol. The first-order chi connectivity index (χ1) is 9.65. The molecule has 7 nitrogen and oxygen atoms in total. The van der Waals surface area contributed by atoms with E-state index in [9.17, 15) is 4.79 Å². The van der Waals surface area contributed by atoms with Crippen molar-refractivity contribution < 1.29 is 4.79 Å². The number of aryl methyl sites for hydroxylation is 2. The summed E-state index contributed by atoms with van der Waals surface area (Å²) in [5.74, 6) is 0.143. The quantitative estimate of drug-likeness (QED) is 0.759. The highest BCUT2D eigenvalue weighted by molar-refractivity contribution is 6.07. The number of carbonyl (C=O) groups excluding carboxylic acids is 1. The van der Waals surface area contributed by atoms with E-state index in [-0.39, 0.29) is 5.91 Å². The van der Waals surface area contributed by atoms with Gasteiger partial charge in [0.25, 0.3) is 5.91 Å². The highest BCUT2D eigenvalue weighted by Crippen LogP contribution is 2.13. The molecular weight excluding hydrogens is 256 g/mol. The minimum absolute atomic E-state index is 0.295. The van der Waals surface area contributed by atoms with Crippen LogP contribution in [0, 0.1) is 13.8 Å². The molecule has 3 aromatic rings. The highest BCUT2D eigenvalue weighted by Gasteiger charge is 2.15. The lowest BCUT2D eigenvalue weighted by atomic mass is 10.3. The number of nitrogens with one attached hydrogen (secondary N) is 1. The number of hydrogen-bond acceptors (Lipinski definition) is 5. The third-order valence-electron chi connectivity index (χ3n) is 2.85. The van der Waals surface area contributed by atoms with E-state index < -0.39 is 0 Å². The summed E-state index contributed by atoms with van der Waals surface area (Å²) >= 11 is 0. The fourth-order valence-corrected chi connectivity index (χ4v) is 1.98. The molecule has 0 unspecified atom stereocenters. The van der Waals surface area contributed by atoms with E-state index in [2.05, 4.69) is 25.4 Å². The van der Waals surface area contributed by atoms with E-state index in [0.717, 1.165) is 11.4 Å². The van der Waals surface area contributed by atoms with Gasteiger partial charge in [-0.15, -0.1) is 0 Å². The van der Waals surface area contributed by atoms with E-state index >= 15 is 0 Å². The van der Waals surface area contributed by atoms with Gasteiger partial charge in [-0.25, -0.2) is 19.5 Å². The van der Waals surface area contributed by atoms with E-state index in [1.165, 1.54) is 12.5 Å². The molecule has 100 valence electrons. The molecule has 1 N–H and O–H groups in total. The summed E-state index contributed by atoms with van der Waals surface area (Å²) in [5, 5.41) is 6.87. The molecule has 7 heteroatoms. The maximum Gasteiger partial charge on any atom is 0.262 e. The molecule has 0 spiro atoms. The van der Waals surface area contributed by atoms with E-state index in [1.807, 2.05) is 19.9 Å². The van der Waals surface area contributed by atoms with Gasteiger partial charge in [0.15, 0.2) is 5.65 Å². The number of nitrogens with zero attached hydrogens (tertiary/aromatic N) is 5. The summed E-state index contributed by atoms with van der Waals surface area (Å²) in [6.45, 7) is 3.80. The number of rotatable bonds is 2. The Hall–Kier alpha value is -2.83. The van der Waals surface area contributed by atoms with Crippen molar-refractivity contribution in [1.29, 1.82) is 0 Å². The van der Waals surface area contributed by atoms with Gasteiger partial charge >= 0.3 is 0 Å². The predicted molar refractivity (Wildman–Crippen MR) is 72.4 cm³/mol. The largest absolute Gasteiger partial charge is 0.306 e. The Labute approximate surface area is 114 Å². The second-order valence-electron chi connectivity index (χ2n) is 4.38. The topological polar surface area (TPSA) is 85.1 Å². The van der Waals surface area contributed by atoms with Gasteiger partial charge in [0.05, 0.1) is 6.20 Å². The Morgan fingerprint density at radius 3 is 2.95 bits per heavy atom. The Bertz CT molecular complexity index is 780.